The molecule has 0 aromatic heterocycles. The summed E-state index contributed by atoms with van der Waals surface area (Å²) >= 11 is 0. The van der Waals surface area contributed by atoms with Gasteiger partial charge in [0.1, 0.15) is 12.6 Å². The lowest BCUT2D eigenvalue weighted by Gasteiger charge is -2.04. The highest BCUT2D eigenvalue weighted by Crippen LogP contribution is 2.01. The summed E-state index contributed by atoms with van der Waals surface area (Å²) in [7, 11) is 0. The summed E-state index contributed by atoms with van der Waals surface area (Å²) in [6, 6.07) is 8.54. The van der Waals surface area contributed by atoms with E-state index in [9.17, 15) is 4.79 Å². The lowest BCUT2D eigenvalue weighted by Crippen LogP contribution is -2.32. The first kappa shape index (κ1) is 14.2. The van der Waals surface area contributed by atoms with E-state index in [-0.39, 0.29) is 6.61 Å². The van der Waals surface area contributed by atoms with Crippen LogP contribution in [-0.2, 0) is 11.2 Å². The molecule has 0 fully saturated rings. The van der Waals surface area contributed by atoms with Crippen molar-refractivity contribution in [1.82, 2.24) is 0 Å². The summed E-state index contributed by atoms with van der Waals surface area (Å²) < 4.78 is 0. The highest BCUT2D eigenvalue weighted by molar-refractivity contribution is 5.73. The molecule has 0 amide bonds. The van der Waals surface area contributed by atoms with E-state index in [1.807, 2.05) is 36.3 Å². The minimum Gasteiger partial charge on any atom is -0.480 e. The van der Waals surface area contributed by atoms with Gasteiger partial charge in [0.05, 0.1) is 0 Å². The molecule has 0 spiro atoms. The molecule has 1 rings (SSSR count). The average molecular weight is 221 g/mol. The molecule has 0 radical (unpaired) electrons. The van der Waals surface area contributed by atoms with Crippen molar-refractivity contribution in [3.8, 4) is 12.3 Å². The smallest absolute Gasteiger partial charge is 0.320 e. The minimum absolute atomic E-state index is 0.153. The van der Waals surface area contributed by atoms with Crippen molar-refractivity contribution in [2.45, 2.75) is 12.5 Å². The van der Waals surface area contributed by atoms with E-state index in [4.69, 9.17) is 15.9 Å². The second-order valence-electron chi connectivity index (χ2n) is 3.00. The maximum absolute atomic E-state index is 10.4. The fraction of sp³-hybridized carbons (Fsp3) is 0.250. The molecular formula is C12H15NO3. The van der Waals surface area contributed by atoms with Gasteiger partial charge < -0.3 is 15.9 Å². The number of carboxylic acids is 1. The quantitative estimate of drug-likeness (QED) is 0.639. The molecule has 0 heterocycles. The first-order chi connectivity index (χ1) is 7.61. The lowest BCUT2D eigenvalue weighted by atomic mass is 10.1. The maximum atomic E-state index is 10.4. The molecule has 0 saturated carbocycles. The molecule has 1 aromatic rings. The van der Waals surface area contributed by atoms with E-state index < -0.39 is 12.0 Å². The molecule has 1 aromatic carbocycles. The van der Waals surface area contributed by atoms with Crippen LogP contribution in [0.25, 0.3) is 0 Å². The van der Waals surface area contributed by atoms with E-state index in [0.717, 1.165) is 5.56 Å². The van der Waals surface area contributed by atoms with Crippen LogP contribution >= 0.6 is 0 Å². The summed E-state index contributed by atoms with van der Waals surface area (Å²) in [6.45, 7) is -0.153. The molecule has 16 heavy (non-hydrogen) atoms. The fourth-order valence-electron chi connectivity index (χ4n) is 0.955. The topological polar surface area (TPSA) is 83.5 Å². The Morgan fingerprint density at radius 1 is 1.44 bits per heavy atom. The van der Waals surface area contributed by atoms with Crippen molar-refractivity contribution in [2.75, 3.05) is 6.61 Å². The Morgan fingerprint density at radius 3 is 2.31 bits per heavy atom. The summed E-state index contributed by atoms with van der Waals surface area (Å²) in [5, 5.41) is 16.2. The van der Waals surface area contributed by atoms with Crippen LogP contribution in [-0.4, -0.2) is 28.8 Å². The number of nitrogens with two attached hydrogens (primary N) is 1. The number of terminal acetylenes is 1. The Morgan fingerprint density at radius 2 is 1.94 bits per heavy atom. The minimum atomic E-state index is -0.959. The van der Waals surface area contributed by atoms with E-state index in [1.165, 1.54) is 0 Å². The van der Waals surface area contributed by atoms with Crippen molar-refractivity contribution < 1.29 is 15.0 Å². The molecular weight excluding hydrogens is 206 g/mol. The monoisotopic (exact) mass is 221 g/mol. The predicted molar refractivity (Wildman–Crippen MR) is 61.7 cm³/mol. The van der Waals surface area contributed by atoms with Crippen LogP contribution in [0.2, 0.25) is 0 Å². The molecule has 4 N–H and O–H groups in total. The predicted octanol–water partition coefficient (Wildman–Crippen LogP) is 0.253. The van der Waals surface area contributed by atoms with Crippen molar-refractivity contribution >= 4 is 5.97 Å². The first-order valence-corrected chi connectivity index (χ1v) is 4.68. The molecule has 4 nitrogen and oxygen atoms in total. The normalized spacial score (nSPS) is 10.6. The summed E-state index contributed by atoms with van der Waals surface area (Å²) in [4.78, 5) is 10.4. The van der Waals surface area contributed by atoms with E-state index in [0.29, 0.717) is 6.42 Å². The number of rotatable bonds is 3. The Balaban J connectivity index is 0.000000487. The van der Waals surface area contributed by atoms with Gasteiger partial charge in [0, 0.05) is 0 Å². The molecule has 86 valence electrons. The number of aliphatic hydroxyl groups excluding tert-OH is 1. The van der Waals surface area contributed by atoms with E-state index in [2.05, 4.69) is 6.42 Å². The number of carbonyl (C=O) groups is 1. The van der Waals surface area contributed by atoms with Crippen molar-refractivity contribution in [2.24, 2.45) is 5.73 Å². The average Bonchev–Trinajstić information content (AvgIpc) is 2.30. The van der Waals surface area contributed by atoms with Crippen LogP contribution < -0.4 is 5.73 Å². The van der Waals surface area contributed by atoms with Gasteiger partial charge in [-0.3, -0.25) is 4.79 Å². The Kier molecular flexibility index (Phi) is 7.51. The third-order valence-electron chi connectivity index (χ3n) is 1.71. The zero-order valence-corrected chi connectivity index (χ0v) is 8.84. The largest absolute Gasteiger partial charge is 0.480 e. The molecule has 0 saturated heterocycles. The molecule has 0 bridgehead atoms. The van der Waals surface area contributed by atoms with Crippen LogP contribution in [0.15, 0.2) is 30.3 Å². The van der Waals surface area contributed by atoms with Crippen LogP contribution in [0, 0.1) is 12.3 Å². The van der Waals surface area contributed by atoms with Gasteiger partial charge in [-0.05, 0) is 12.0 Å². The highest BCUT2D eigenvalue weighted by Gasteiger charge is 2.10. The van der Waals surface area contributed by atoms with Gasteiger partial charge in [-0.1, -0.05) is 36.3 Å². The van der Waals surface area contributed by atoms with Gasteiger partial charge in [0.25, 0.3) is 0 Å². The molecule has 0 aliphatic heterocycles. The number of aliphatic carboxylic acids is 1. The van der Waals surface area contributed by atoms with Crippen molar-refractivity contribution in [3.63, 3.8) is 0 Å². The summed E-state index contributed by atoms with van der Waals surface area (Å²) in [5.74, 6) is 1.03. The number of aliphatic hydroxyl groups is 1. The lowest BCUT2D eigenvalue weighted by molar-refractivity contribution is -0.138. The second kappa shape index (κ2) is 8.48. The number of benzene rings is 1. The maximum Gasteiger partial charge on any atom is 0.320 e. The molecule has 0 aliphatic rings. The van der Waals surface area contributed by atoms with Gasteiger partial charge in [0.15, 0.2) is 0 Å². The van der Waals surface area contributed by atoms with Gasteiger partial charge in [-0.2, -0.15) is 0 Å². The number of hydrogen-bond acceptors (Lipinski definition) is 3. The third-order valence-corrected chi connectivity index (χ3v) is 1.71. The van der Waals surface area contributed by atoms with Crippen LogP contribution in [0.1, 0.15) is 5.56 Å². The summed E-state index contributed by atoms with van der Waals surface area (Å²) in [5.41, 5.74) is 6.30. The van der Waals surface area contributed by atoms with Gasteiger partial charge in [-0.15, -0.1) is 6.42 Å². The highest BCUT2D eigenvalue weighted by atomic mass is 16.4. The Hall–Kier alpha value is -1.83. The van der Waals surface area contributed by atoms with Gasteiger partial charge in [-0.25, -0.2) is 0 Å². The van der Waals surface area contributed by atoms with Crippen LogP contribution in [0.5, 0.6) is 0 Å². The van der Waals surface area contributed by atoms with Crippen LogP contribution in [0.3, 0.4) is 0 Å². The Bertz CT molecular complexity index is 343. The van der Waals surface area contributed by atoms with E-state index >= 15 is 0 Å². The van der Waals surface area contributed by atoms with Crippen molar-refractivity contribution in [1.29, 1.82) is 0 Å². The SMILES string of the molecule is C#CCO.NC(Cc1ccccc1)C(=O)O. The zero-order chi connectivity index (χ0) is 12.4. The first-order valence-electron chi connectivity index (χ1n) is 4.68. The molecule has 4 heteroatoms. The fourth-order valence-corrected chi connectivity index (χ4v) is 0.955. The molecule has 0 aliphatic carbocycles. The molecule has 1 unspecified atom stereocenters. The zero-order valence-electron chi connectivity index (χ0n) is 8.84. The van der Waals surface area contributed by atoms with Crippen molar-refractivity contribution in [3.05, 3.63) is 35.9 Å². The Labute approximate surface area is 94.7 Å². The number of hydrogen-bond donors (Lipinski definition) is 3. The standard InChI is InChI=1S/C9H11NO2.C3H4O/c10-8(9(11)12)6-7-4-2-1-3-5-7;1-2-3-4/h1-5,8H,6,10H2,(H,11,12);1,4H,3H2. The number of carboxylic acid groups (broad SMARTS) is 1. The van der Waals surface area contributed by atoms with Gasteiger partial charge >= 0.3 is 5.97 Å². The second-order valence-corrected chi connectivity index (χ2v) is 3.00. The van der Waals surface area contributed by atoms with E-state index in [1.54, 1.807) is 0 Å². The van der Waals surface area contributed by atoms with Gasteiger partial charge in [0.2, 0.25) is 0 Å². The van der Waals surface area contributed by atoms with Crippen LogP contribution in [0.4, 0.5) is 0 Å². The molecule has 1 atom stereocenters. The third kappa shape index (κ3) is 6.60. The summed E-state index contributed by atoms with van der Waals surface area (Å²) in [6.07, 6.45) is 4.91.